The molecule has 1 aromatic rings. The van der Waals surface area contributed by atoms with Gasteiger partial charge in [0, 0.05) is 12.1 Å². The molecule has 1 N–H and O–H groups in total. The molecule has 1 fully saturated rings. The average Bonchev–Trinajstić information content (AvgIpc) is 2.71. The topological polar surface area (TPSA) is 41.6 Å². The summed E-state index contributed by atoms with van der Waals surface area (Å²) in [6.07, 6.45) is -0.124. The van der Waals surface area contributed by atoms with Gasteiger partial charge in [-0.1, -0.05) is 23.7 Å². The average molecular weight is 269 g/mol. The van der Waals surface area contributed by atoms with Crippen molar-refractivity contribution in [3.05, 3.63) is 34.9 Å². The molecular weight excluding hydrogens is 252 g/mol. The summed E-state index contributed by atoms with van der Waals surface area (Å²) >= 11 is 5.99. The van der Waals surface area contributed by atoms with Crippen molar-refractivity contribution in [3.63, 3.8) is 0 Å². The van der Waals surface area contributed by atoms with Crippen LogP contribution >= 0.6 is 11.6 Å². The van der Waals surface area contributed by atoms with Crippen LogP contribution in [0.3, 0.4) is 0 Å². The van der Waals surface area contributed by atoms with Crippen LogP contribution in [0, 0.1) is 0 Å². The molecule has 18 heavy (non-hydrogen) atoms. The molecule has 0 bridgehead atoms. The first-order chi connectivity index (χ1) is 8.63. The zero-order chi connectivity index (χ0) is 13.1. The number of benzene rings is 1. The highest BCUT2D eigenvalue weighted by molar-refractivity contribution is 6.30. The van der Waals surface area contributed by atoms with Gasteiger partial charge in [0.2, 0.25) is 5.91 Å². The molecule has 98 valence electrons. The molecule has 1 heterocycles. The minimum absolute atomic E-state index is 0.0291. The summed E-state index contributed by atoms with van der Waals surface area (Å²) in [6.45, 7) is 2.85. The standard InChI is InChI=1S/C13H17ClN2O2/c1-9(8-18-2)16-12(17)7-15-13(16)10-4-3-5-11(14)6-10/h3-6,9,13,15H,7-8H2,1-2H3. The maximum Gasteiger partial charge on any atom is 0.238 e. The highest BCUT2D eigenvalue weighted by Gasteiger charge is 2.34. The van der Waals surface area contributed by atoms with Crippen LogP contribution in [-0.2, 0) is 9.53 Å². The smallest absolute Gasteiger partial charge is 0.238 e. The number of rotatable bonds is 4. The van der Waals surface area contributed by atoms with Gasteiger partial charge >= 0.3 is 0 Å². The van der Waals surface area contributed by atoms with Crippen LogP contribution in [0.2, 0.25) is 5.02 Å². The Bertz CT molecular complexity index is 439. The molecule has 5 heteroatoms. The zero-order valence-electron chi connectivity index (χ0n) is 10.5. The number of carbonyl (C=O) groups is 1. The quantitative estimate of drug-likeness (QED) is 0.906. The van der Waals surface area contributed by atoms with E-state index in [1.165, 1.54) is 0 Å². The van der Waals surface area contributed by atoms with Crippen LogP contribution in [0.15, 0.2) is 24.3 Å². The van der Waals surface area contributed by atoms with Crippen molar-refractivity contribution >= 4 is 17.5 Å². The van der Waals surface area contributed by atoms with E-state index in [1.807, 2.05) is 36.1 Å². The van der Waals surface area contributed by atoms with Crippen molar-refractivity contribution in [2.45, 2.75) is 19.1 Å². The molecule has 0 radical (unpaired) electrons. The second-order valence-corrected chi connectivity index (χ2v) is 4.88. The summed E-state index contributed by atoms with van der Waals surface area (Å²) in [4.78, 5) is 13.7. The molecule has 1 aliphatic heterocycles. The predicted octanol–water partition coefficient (Wildman–Crippen LogP) is 1.81. The molecule has 1 aliphatic rings. The van der Waals surface area contributed by atoms with E-state index in [2.05, 4.69) is 5.32 Å². The lowest BCUT2D eigenvalue weighted by Gasteiger charge is -2.30. The van der Waals surface area contributed by atoms with Crippen molar-refractivity contribution in [1.29, 1.82) is 0 Å². The van der Waals surface area contributed by atoms with Crippen molar-refractivity contribution in [2.24, 2.45) is 0 Å². The third kappa shape index (κ3) is 2.66. The van der Waals surface area contributed by atoms with E-state index < -0.39 is 0 Å². The molecule has 1 saturated heterocycles. The van der Waals surface area contributed by atoms with E-state index in [0.717, 1.165) is 5.56 Å². The van der Waals surface area contributed by atoms with Gasteiger partial charge in [0.1, 0.15) is 6.17 Å². The van der Waals surface area contributed by atoms with Gasteiger partial charge in [0.25, 0.3) is 0 Å². The van der Waals surface area contributed by atoms with Crippen molar-refractivity contribution in [3.8, 4) is 0 Å². The van der Waals surface area contributed by atoms with E-state index >= 15 is 0 Å². The first-order valence-electron chi connectivity index (χ1n) is 5.92. The third-order valence-electron chi connectivity index (χ3n) is 3.06. The van der Waals surface area contributed by atoms with Crippen LogP contribution in [0.1, 0.15) is 18.7 Å². The summed E-state index contributed by atoms with van der Waals surface area (Å²) in [5.41, 5.74) is 0.997. The first-order valence-corrected chi connectivity index (χ1v) is 6.30. The van der Waals surface area contributed by atoms with Gasteiger partial charge in [-0.2, -0.15) is 0 Å². The molecule has 2 atom stereocenters. The molecular formula is C13H17ClN2O2. The largest absolute Gasteiger partial charge is 0.383 e. The van der Waals surface area contributed by atoms with Gasteiger partial charge < -0.3 is 9.64 Å². The molecule has 0 saturated carbocycles. The predicted molar refractivity (Wildman–Crippen MR) is 70.4 cm³/mol. The Morgan fingerprint density at radius 2 is 2.39 bits per heavy atom. The van der Waals surface area contributed by atoms with Gasteiger partial charge in [-0.15, -0.1) is 0 Å². The Morgan fingerprint density at radius 1 is 1.61 bits per heavy atom. The van der Waals surface area contributed by atoms with Crippen LogP contribution in [0.5, 0.6) is 0 Å². The normalized spacial score (nSPS) is 21.4. The van der Waals surface area contributed by atoms with Crippen LogP contribution in [0.4, 0.5) is 0 Å². The highest BCUT2D eigenvalue weighted by Crippen LogP contribution is 2.26. The Labute approximate surface area is 112 Å². The molecule has 2 unspecified atom stereocenters. The van der Waals surface area contributed by atoms with E-state index in [4.69, 9.17) is 16.3 Å². The molecule has 2 rings (SSSR count). The minimum Gasteiger partial charge on any atom is -0.383 e. The number of amides is 1. The second-order valence-electron chi connectivity index (χ2n) is 4.44. The van der Waals surface area contributed by atoms with Crippen LogP contribution in [-0.4, -0.2) is 37.1 Å². The Kier molecular flexibility index (Phi) is 4.22. The molecule has 1 amide bonds. The maximum atomic E-state index is 11.9. The zero-order valence-corrected chi connectivity index (χ0v) is 11.3. The number of halogens is 1. The summed E-state index contributed by atoms with van der Waals surface area (Å²) in [6, 6.07) is 7.59. The number of hydrogen-bond donors (Lipinski definition) is 1. The van der Waals surface area contributed by atoms with E-state index in [-0.39, 0.29) is 18.1 Å². The number of nitrogens with one attached hydrogen (secondary N) is 1. The molecule has 0 aliphatic carbocycles. The number of methoxy groups -OCH3 is 1. The van der Waals surface area contributed by atoms with Crippen LogP contribution in [0.25, 0.3) is 0 Å². The van der Waals surface area contributed by atoms with Crippen molar-refractivity contribution in [1.82, 2.24) is 10.2 Å². The lowest BCUT2D eigenvalue weighted by molar-refractivity contribution is -0.131. The summed E-state index contributed by atoms with van der Waals surface area (Å²) in [5.74, 6) is 0.0875. The number of carbonyl (C=O) groups excluding carboxylic acids is 1. The van der Waals surface area contributed by atoms with Crippen LogP contribution < -0.4 is 5.32 Å². The summed E-state index contributed by atoms with van der Waals surface area (Å²) in [7, 11) is 1.64. The van der Waals surface area contributed by atoms with E-state index in [0.29, 0.717) is 18.2 Å². The summed E-state index contributed by atoms with van der Waals surface area (Å²) in [5, 5.41) is 3.88. The number of nitrogens with zero attached hydrogens (tertiary/aromatic N) is 1. The molecule has 0 aromatic heterocycles. The number of ether oxygens (including phenoxy) is 1. The van der Waals surface area contributed by atoms with Crippen molar-refractivity contribution in [2.75, 3.05) is 20.3 Å². The maximum absolute atomic E-state index is 11.9. The van der Waals surface area contributed by atoms with E-state index in [1.54, 1.807) is 7.11 Å². The molecule has 4 nitrogen and oxygen atoms in total. The SMILES string of the molecule is COCC(C)N1C(=O)CNC1c1cccc(Cl)c1. The first kappa shape index (κ1) is 13.3. The third-order valence-corrected chi connectivity index (χ3v) is 3.30. The van der Waals surface area contributed by atoms with Gasteiger partial charge in [-0.3, -0.25) is 10.1 Å². The minimum atomic E-state index is -0.124. The fraction of sp³-hybridized carbons (Fsp3) is 0.462. The molecule has 0 spiro atoms. The molecule has 1 aromatic carbocycles. The number of hydrogen-bond acceptors (Lipinski definition) is 3. The van der Waals surface area contributed by atoms with Crippen molar-refractivity contribution < 1.29 is 9.53 Å². The summed E-state index contributed by atoms with van der Waals surface area (Å²) < 4.78 is 5.12. The Balaban J connectivity index is 2.23. The van der Waals surface area contributed by atoms with Gasteiger partial charge in [-0.05, 0) is 24.6 Å². The lowest BCUT2D eigenvalue weighted by Crippen LogP contribution is -2.40. The second kappa shape index (κ2) is 5.69. The fourth-order valence-electron chi connectivity index (χ4n) is 2.29. The fourth-order valence-corrected chi connectivity index (χ4v) is 2.49. The monoisotopic (exact) mass is 268 g/mol. The Morgan fingerprint density at radius 3 is 3.06 bits per heavy atom. The van der Waals surface area contributed by atoms with Gasteiger partial charge in [0.15, 0.2) is 0 Å². The van der Waals surface area contributed by atoms with E-state index in [9.17, 15) is 4.79 Å². The van der Waals surface area contributed by atoms with Gasteiger partial charge in [0.05, 0.1) is 19.2 Å². The lowest BCUT2D eigenvalue weighted by atomic mass is 10.1. The highest BCUT2D eigenvalue weighted by atomic mass is 35.5. The van der Waals surface area contributed by atoms with Gasteiger partial charge in [-0.25, -0.2) is 0 Å². The Hall–Kier alpha value is -1.10.